The fourth-order valence-electron chi connectivity index (χ4n) is 2.30. The molecule has 0 atom stereocenters. The van der Waals surface area contributed by atoms with Crippen molar-refractivity contribution in [3.8, 4) is 11.8 Å². The predicted molar refractivity (Wildman–Crippen MR) is 90.3 cm³/mol. The second-order valence-corrected chi connectivity index (χ2v) is 5.23. The number of rotatable bonds is 3. The van der Waals surface area contributed by atoms with Gasteiger partial charge in [-0.25, -0.2) is 4.79 Å². The second-order valence-electron chi connectivity index (χ2n) is 5.23. The van der Waals surface area contributed by atoms with E-state index in [4.69, 9.17) is 4.74 Å². The van der Waals surface area contributed by atoms with E-state index in [0.29, 0.717) is 19.7 Å². The van der Waals surface area contributed by atoms with Crippen molar-refractivity contribution in [2.24, 2.45) is 0 Å². The highest BCUT2D eigenvalue weighted by molar-refractivity contribution is 5.94. The van der Waals surface area contributed by atoms with E-state index < -0.39 is 0 Å². The average Bonchev–Trinajstić information content (AvgIpc) is 3.05. The van der Waals surface area contributed by atoms with Gasteiger partial charge in [0.25, 0.3) is 5.91 Å². The number of ether oxygens (including phenoxy) is 1. The molecule has 0 aromatic heterocycles. The molecule has 0 bridgehead atoms. The Balaban J connectivity index is 1.54. The molecule has 1 saturated heterocycles. The lowest BCUT2D eigenvalue weighted by atomic mass is 10.2. The highest BCUT2D eigenvalue weighted by Gasteiger charge is 2.23. The van der Waals surface area contributed by atoms with Crippen LogP contribution in [0.15, 0.2) is 54.6 Å². The fraction of sp³-hybridized carbons (Fsp3) is 0.158. The van der Waals surface area contributed by atoms with E-state index in [1.807, 2.05) is 54.6 Å². The van der Waals surface area contributed by atoms with Gasteiger partial charge in [-0.3, -0.25) is 9.69 Å². The molecule has 3 rings (SSSR count). The molecule has 1 aliphatic rings. The number of hydrogen-bond donors (Lipinski definition) is 1. The molecule has 2 aromatic rings. The minimum absolute atomic E-state index is 0.327. The Morgan fingerprint density at radius 2 is 1.88 bits per heavy atom. The molecule has 1 aliphatic heterocycles. The molecular formula is C19H16N2O3. The van der Waals surface area contributed by atoms with Crippen molar-refractivity contribution < 1.29 is 14.3 Å². The number of hydrogen-bond acceptors (Lipinski definition) is 3. The van der Waals surface area contributed by atoms with Crippen LogP contribution >= 0.6 is 0 Å². The van der Waals surface area contributed by atoms with Crippen LogP contribution in [0, 0.1) is 11.8 Å². The van der Waals surface area contributed by atoms with Gasteiger partial charge in [-0.15, -0.1) is 0 Å². The number of nitrogens with zero attached hydrogens (tertiary/aromatic N) is 1. The first kappa shape index (κ1) is 15.6. The molecule has 0 spiro atoms. The largest absolute Gasteiger partial charge is 0.447 e. The van der Waals surface area contributed by atoms with Crippen molar-refractivity contribution in [3.63, 3.8) is 0 Å². The maximum absolute atomic E-state index is 11.8. The molecule has 0 radical (unpaired) electrons. The third-order valence-electron chi connectivity index (χ3n) is 3.56. The maximum atomic E-state index is 11.8. The Morgan fingerprint density at radius 3 is 2.54 bits per heavy atom. The minimum Gasteiger partial charge on any atom is -0.447 e. The highest BCUT2D eigenvalue weighted by Crippen LogP contribution is 2.19. The topological polar surface area (TPSA) is 58.6 Å². The Hall–Kier alpha value is -3.26. The third kappa shape index (κ3) is 3.93. The van der Waals surface area contributed by atoms with Crippen molar-refractivity contribution in [1.82, 2.24) is 5.32 Å². The summed E-state index contributed by atoms with van der Waals surface area (Å²) in [6.45, 7) is 1.35. The Labute approximate surface area is 140 Å². The van der Waals surface area contributed by atoms with Crippen molar-refractivity contribution >= 4 is 17.7 Å². The van der Waals surface area contributed by atoms with Crippen LogP contribution in [0.2, 0.25) is 0 Å². The van der Waals surface area contributed by atoms with Crippen LogP contribution in [-0.2, 0) is 16.1 Å². The van der Waals surface area contributed by atoms with Crippen molar-refractivity contribution in [2.75, 3.05) is 18.1 Å². The van der Waals surface area contributed by atoms with E-state index >= 15 is 0 Å². The minimum atomic E-state index is -0.328. The van der Waals surface area contributed by atoms with Crippen molar-refractivity contribution in [1.29, 1.82) is 0 Å². The molecule has 24 heavy (non-hydrogen) atoms. The number of benzene rings is 2. The molecule has 0 saturated carbocycles. The van der Waals surface area contributed by atoms with E-state index in [0.717, 1.165) is 16.8 Å². The first-order valence-electron chi connectivity index (χ1n) is 7.60. The molecular weight excluding hydrogens is 304 g/mol. The highest BCUT2D eigenvalue weighted by atomic mass is 16.6. The zero-order valence-corrected chi connectivity index (χ0v) is 13.0. The monoisotopic (exact) mass is 320 g/mol. The lowest BCUT2D eigenvalue weighted by molar-refractivity contribution is -0.115. The summed E-state index contributed by atoms with van der Waals surface area (Å²) in [5, 5.41) is 2.75. The summed E-state index contributed by atoms with van der Waals surface area (Å²) in [4.78, 5) is 24.8. The van der Waals surface area contributed by atoms with Gasteiger partial charge in [-0.05, 0) is 29.8 Å². The van der Waals surface area contributed by atoms with Crippen LogP contribution in [0.3, 0.4) is 0 Å². The van der Waals surface area contributed by atoms with E-state index in [1.165, 1.54) is 0 Å². The molecule has 0 aliphatic carbocycles. The number of anilines is 1. The molecule has 1 N–H and O–H groups in total. The van der Waals surface area contributed by atoms with Gasteiger partial charge in [0, 0.05) is 23.7 Å². The van der Waals surface area contributed by atoms with Gasteiger partial charge >= 0.3 is 6.09 Å². The summed E-state index contributed by atoms with van der Waals surface area (Å²) < 4.78 is 4.91. The number of nitrogens with one attached hydrogen (secondary N) is 1. The van der Waals surface area contributed by atoms with Gasteiger partial charge in [-0.2, -0.15) is 0 Å². The van der Waals surface area contributed by atoms with E-state index in [9.17, 15) is 9.59 Å². The molecule has 1 heterocycles. The van der Waals surface area contributed by atoms with Gasteiger partial charge in [0.15, 0.2) is 0 Å². The maximum Gasteiger partial charge on any atom is 0.414 e. The van der Waals surface area contributed by atoms with Crippen molar-refractivity contribution in [2.45, 2.75) is 6.54 Å². The summed E-state index contributed by atoms with van der Waals surface area (Å²) in [5.41, 5.74) is 2.52. The van der Waals surface area contributed by atoms with Crippen LogP contribution in [0.25, 0.3) is 0 Å². The van der Waals surface area contributed by atoms with Gasteiger partial charge in [0.05, 0.1) is 6.54 Å². The summed E-state index contributed by atoms with van der Waals surface area (Å²) in [7, 11) is 0. The first-order chi connectivity index (χ1) is 11.7. The molecule has 5 nitrogen and oxygen atoms in total. The average molecular weight is 320 g/mol. The van der Waals surface area contributed by atoms with E-state index in [2.05, 4.69) is 17.2 Å². The van der Waals surface area contributed by atoms with E-state index in [-0.39, 0.29) is 12.0 Å². The second kappa shape index (κ2) is 7.34. The molecule has 120 valence electrons. The lowest BCUT2D eigenvalue weighted by Crippen LogP contribution is -2.23. The van der Waals surface area contributed by atoms with Crippen LogP contribution in [0.5, 0.6) is 0 Å². The Kier molecular flexibility index (Phi) is 4.78. The zero-order chi connectivity index (χ0) is 16.8. The van der Waals surface area contributed by atoms with Crippen molar-refractivity contribution in [3.05, 3.63) is 65.7 Å². The number of cyclic esters (lactones) is 1. The van der Waals surface area contributed by atoms with Crippen LogP contribution < -0.4 is 10.2 Å². The summed E-state index contributed by atoms with van der Waals surface area (Å²) >= 11 is 0. The molecule has 2 amide bonds. The quantitative estimate of drug-likeness (QED) is 0.883. The molecule has 5 heteroatoms. The molecule has 0 unspecified atom stereocenters. The fourth-order valence-corrected chi connectivity index (χ4v) is 2.30. The predicted octanol–water partition coefficient (Wildman–Crippen LogP) is 2.31. The third-order valence-corrected chi connectivity index (χ3v) is 3.56. The first-order valence-corrected chi connectivity index (χ1v) is 7.60. The van der Waals surface area contributed by atoms with Gasteiger partial charge < -0.3 is 10.1 Å². The smallest absolute Gasteiger partial charge is 0.414 e. The Morgan fingerprint density at radius 1 is 1.12 bits per heavy atom. The summed E-state index contributed by atoms with van der Waals surface area (Å²) in [5.74, 6) is 5.05. The lowest BCUT2D eigenvalue weighted by Gasteiger charge is -2.13. The normalized spacial score (nSPS) is 13.0. The van der Waals surface area contributed by atoms with E-state index in [1.54, 1.807) is 4.90 Å². The summed E-state index contributed by atoms with van der Waals surface area (Å²) in [6, 6.07) is 16.8. The van der Waals surface area contributed by atoms with Gasteiger partial charge in [0.2, 0.25) is 0 Å². The van der Waals surface area contributed by atoms with Gasteiger partial charge in [0.1, 0.15) is 6.61 Å². The molecule has 2 aromatic carbocycles. The Bertz CT molecular complexity index is 789. The van der Waals surface area contributed by atoms with Crippen LogP contribution in [0.4, 0.5) is 10.5 Å². The van der Waals surface area contributed by atoms with Crippen LogP contribution in [-0.4, -0.2) is 25.2 Å². The number of carbonyl (C=O) groups excluding carboxylic acids is 2. The number of carbonyl (C=O) groups is 2. The van der Waals surface area contributed by atoms with Crippen LogP contribution in [0.1, 0.15) is 11.1 Å². The molecule has 1 fully saturated rings. The SMILES string of the molecule is O=C(C#Cc1ccccc1)NCc1ccc(N2CCOC2=O)cc1. The zero-order valence-electron chi connectivity index (χ0n) is 13.0. The van der Waals surface area contributed by atoms with Gasteiger partial charge in [-0.1, -0.05) is 36.3 Å². The summed E-state index contributed by atoms with van der Waals surface area (Å²) in [6.07, 6.45) is -0.327. The number of amides is 2. The standard InChI is InChI=1S/C19H16N2O3/c22-18(11-8-15-4-2-1-3-5-15)20-14-16-6-9-17(10-7-16)21-12-13-24-19(21)23/h1-7,9-10H,12-14H2,(H,20,22).